The van der Waals surface area contributed by atoms with Crippen molar-refractivity contribution in [3.63, 3.8) is 0 Å². The molecule has 6 nitrogen and oxygen atoms in total. The Hall–Kier alpha value is -2.96. The summed E-state index contributed by atoms with van der Waals surface area (Å²) in [5, 5.41) is 4.99. The highest BCUT2D eigenvalue weighted by Crippen LogP contribution is 2.53. The molecule has 3 heterocycles. The van der Waals surface area contributed by atoms with Crippen LogP contribution in [0.5, 0.6) is 0 Å². The summed E-state index contributed by atoms with van der Waals surface area (Å²) in [6.45, 7) is 0. The fourth-order valence-corrected chi connectivity index (χ4v) is 6.34. The summed E-state index contributed by atoms with van der Waals surface area (Å²) in [5.74, 6) is 1.38. The summed E-state index contributed by atoms with van der Waals surface area (Å²) in [4.78, 5) is 20.4. The molecule has 166 valence electrons. The van der Waals surface area contributed by atoms with Crippen LogP contribution in [0.1, 0.15) is 68.3 Å². The smallest absolute Gasteiger partial charge is 0.296 e. The third-order valence-electron chi connectivity index (χ3n) is 7.75. The first-order valence-corrected chi connectivity index (χ1v) is 11.8. The second kappa shape index (κ2) is 7.57. The van der Waals surface area contributed by atoms with Crippen molar-refractivity contribution >= 4 is 11.9 Å². The van der Waals surface area contributed by atoms with Crippen molar-refractivity contribution in [1.82, 2.24) is 14.8 Å². The number of nitrogens with zero attached hydrogens (tertiary/aromatic N) is 4. The third kappa shape index (κ3) is 2.93. The molecule has 6 rings (SSSR count). The first-order chi connectivity index (χ1) is 15.7. The Morgan fingerprint density at radius 1 is 1.03 bits per heavy atom. The molecule has 1 spiro atoms. The lowest BCUT2D eigenvalue weighted by Gasteiger charge is -2.55. The van der Waals surface area contributed by atoms with E-state index in [4.69, 9.17) is 14.5 Å². The highest BCUT2D eigenvalue weighted by molar-refractivity contribution is 6.04. The number of carbonyl (C=O) groups excluding carboxylic acids is 1. The van der Waals surface area contributed by atoms with Crippen molar-refractivity contribution < 1.29 is 13.6 Å². The van der Waals surface area contributed by atoms with Gasteiger partial charge in [0.05, 0.1) is 11.8 Å². The summed E-state index contributed by atoms with van der Waals surface area (Å²) in [5.41, 5.74) is 0.650. The number of carbonyl (C=O) groups is 1. The number of hydrogen-bond acceptors (Lipinski definition) is 4. The third-order valence-corrected chi connectivity index (χ3v) is 7.75. The Bertz CT molecular complexity index is 1120. The SMILES string of the molecule is O=C(c1ccco1)N1c2nc(-c3ccc(F)cc3)nn2C2(CCCCC2)C2CCCCC21. The molecule has 1 aliphatic heterocycles. The Labute approximate surface area is 186 Å². The Balaban J connectivity index is 1.54. The molecule has 1 aromatic carbocycles. The number of benzene rings is 1. The zero-order valence-electron chi connectivity index (χ0n) is 18.0. The molecule has 2 atom stereocenters. The predicted octanol–water partition coefficient (Wildman–Crippen LogP) is 5.56. The van der Waals surface area contributed by atoms with Crippen molar-refractivity contribution in [3.8, 4) is 11.4 Å². The number of hydrogen-bond donors (Lipinski definition) is 0. The maximum Gasteiger partial charge on any atom is 0.296 e. The van der Waals surface area contributed by atoms with Gasteiger partial charge in [0.25, 0.3) is 5.91 Å². The molecule has 0 N–H and O–H groups in total. The number of amides is 1. The maximum atomic E-state index is 13.6. The lowest BCUT2D eigenvalue weighted by Crippen LogP contribution is -2.61. The first-order valence-electron chi connectivity index (χ1n) is 11.8. The summed E-state index contributed by atoms with van der Waals surface area (Å²) in [6.07, 6.45) is 11.6. The lowest BCUT2D eigenvalue weighted by atomic mass is 9.64. The summed E-state index contributed by atoms with van der Waals surface area (Å²) >= 11 is 0. The Morgan fingerprint density at radius 3 is 2.56 bits per heavy atom. The molecule has 32 heavy (non-hydrogen) atoms. The molecule has 3 aromatic rings. The van der Waals surface area contributed by atoms with Crippen molar-refractivity contribution in [2.24, 2.45) is 5.92 Å². The van der Waals surface area contributed by atoms with E-state index in [1.54, 1.807) is 24.3 Å². The van der Waals surface area contributed by atoms with Gasteiger partial charge in [-0.15, -0.1) is 5.10 Å². The average molecular weight is 435 g/mol. The Kier molecular flexibility index (Phi) is 4.66. The van der Waals surface area contributed by atoms with Gasteiger partial charge in [0, 0.05) is 17.5 Å². The van der Waals surface area contributed by atoms with E-state index in [2.05, 4.69) is 4.68 Å². The molecule has 0 radical (unpaired) electrons. The van der Waals surface area contributed by atoms with Crippen LogP contribution < -0.4 is 4.90 Å². The number of furan rings is 1. The highest BCUT2D eigenvalue weighted by Gasteiger charge is 2.55. The minimum atomic E-state index is -0.290. The lowest BCUT2D eigenvalue weighted by molar-refractivity contribution is 0.0309. The molecule has 1 amide bonds. The Morgan fingerprint density at radius 2 is 1.81 bits per heavy atom. The van der Waals surface area contributed by atoms with Crippen molar-refractivity contribution in [2.75, 3.05) is 4.90 Å². The van der Waals surface area contributed by atoms with E-state index in [0.29, 0.717) is 23.5 Å². The van der Waals surface area contributed by atoms with Gasteiger partial charge < -0.3 is 4.42 Å². The standard InChI is InChI=1S/C25H27FN4O2/c26-18-12-10-17(11-13-18)22-27-24-29(23(31)21-9-6-16-32-21)20-8-3-2-7-19(20)25(30(24)28-22)14-4-1-5-15-25/h6,9-13,16,19-20H,1-5,7-8,14-15H2. The molecular weight excluding hydrogens is 407 g/mol. The van der Waals surface area contributed by atoms with Gasteiger partial charge in [-0.2, -0.15) is 4.98 Å². The molecule has 2 fully saturated rings. The molecule has 3 aliphatic rings. The van der Waals surface area contributed by atoms with E-state index in [0.717, 1.165) is 37.7 Å². The quantitative estimate of drug-likeness (QED) is 0.530. The van der Waals surface area contributed by atoms with Crippen molar-refractivity contribution in [2.45, 2.75) is 69.4 Å². The zero-order chi connectivity index (χ0) is 21.7. The van der Waals surface area contributed by atoms with Crippen molar-refractivity contribution in [3.05, 3.63) is 54.2 Å². The van der Waals surface area contributed by atoms with Gasteiger partial charge in [-0.1, -0.05) is 32.1 Å². The van der Waals surface area contributed by atoms with E-state index in [1.807, 2.05) is 4.90 Å². The summed E-state index contributed by atoms with van der Waals surface area (Å²) < 4.78 is 21.1. The minimum Gasteiger partial charge on any atom is -0.459 e. The van der Waals surface area contributed by atoms with E-state index in [1.165, 1.54) is 44.1 Å². The second-order valence-electron chi connectivity index (χ2n) is 9.43. The minimum absolute atomic E-state index is 0.0946. The predicted molar refractivity (Wildman–Crippen MR) is 118 cm³/mol. The fourth-order valence-electron chi connectivity index (χ4n) is 6.34. The molecule has 7 heteroatoms. The van der Waals surface area contributed by atoms with Crippen LogP contribution in [0.2, 0.25) is 0 Å². The molecule has 2 aromatic heterocycles. The average Bonchev–Trinajstić information content (AvgIpc) is 3.52. The highest BCUT2D eigenvalue weighted by atomic mass is 19.1. The van der Waals surface area contributed by atoms with Gasteiger partial charge in [0.15, 0.2) is 11.6 Å². The topological polar surface area (TPSA) is 64.2 Å². The summed E-state index contributed by atoms with van der Waals surface area (Å²) in [6, 6.07) is 9.82. The van der Waals surface area contributed by atoms with Gasteiger partial charge >= 0.3 is 0 Å². The van der Waals surface area contributed by atoms with E-state index in [9.17, 15) is 9.18 Å². The van der Waals surface area contributed by atoms with E-state index < -0.39 is 0 Å². The van der Waals surface area contributed by atoms with Gasteiger partial charge in [-0.25, -0.2) is 9.07 Å². The maximum absolute atomic E-state index is 13.6. The van der Waals surface area contributed by atoms with Gasteiger partial charge in [0.2, 0.25) is 5.95 Å². The number of rotatable bonds is 2. The van der Waals surface area contributed by atoms with Crippen molar-refractivity contribution in [1.29, 1.82) is 0 Å². The van der Waals surface area contributed by atoms with Gasteiger partial charge in [-0.3, -0.25) is 9.69 Å². The molecule has 0 bridgehead atoms. The van der Waals surface area contributed by atoms with Gasteiger partial charge in [-0.05, 0) is 62.1 Å². The molecule has 2 aliphatic carbocycles. The van der Waals surface area contributed by atoms with Crippen LogP contribution in [0.15, 0.2) is 47.1 Å². The zero-order valence-corrected chi connectivity index (χ0v) is 18.0. The van der Waals surface area contributed by atoms with E-state index in [-0.39, 0.29) is 23.3 Å². The molecule has 2 saturated carbocycles. The number of halogens is 1. The molecular formula is C25H27FN4O2. The van der Waals surface area contributed by atoms with Crippen LogP contribution in [0.3, 0.4) is 0 Å². The van der Waals surface area contributed by atoms with E-state index >= 15 is 0 Å². The van der Waals surface area contributed by atoms with Crippen LogP contribution >= 0.6 is 0 Å². The normalized spacial score (nSPS) is 24.2. The molecule has 0 saturated heterocycles. The van der Waals surface area contributed by atoms with Crippen LogP contribution in [0.4, 0.5) is 10.3 Å². The molecule has 2 unspecified atom stereocenters. The van der Waals surface area contributed by atoms with Crippen LogP contribution in [0, 0.1) is 11.7 Å². The second-order valence-corrected chi connectivity index (χ2v) is 9.43. The summed E-state index contributed by atoms with van der Waals surface area (Å²) in [7, 11) is 0. The van der Waals surface area contributed by atoms with Crippen LogP contribution in [0.25, 0.3) is 11.4 Å². The largest absolute Gasteiger partial charge is 0.459 e. The van der Waals surface area contributed by atoms with Crippen LogP contribution in [-0.4, -0.2) is 26.7 Å². The number of fused-ring (bicyclic) bond motifs is 4. The van der Waals surface area contributed by atoms with Crippen LogP contribution in [-0.2, 0) is 5.54 Å². The monoisotopic (exact) mass is 434 g/mol. The first kappa shape index (κ1) is 19.7. The number of aromatic nitrogens is 3. The fraction of sp³-hybridized carbons (Fsp3) is 0.480. The van der Waals surface area contributed by atoms with Gasteiger partial charge in [0.1, 0.15) is 5.82 Å². The number of anilines is 1.